The molecule has 0 radical (unpaired) electrons. The van der Waals surface area contributed by atoms with E-state index in [-0.39, 0.29) is 0 Å². The quantitative estimate of drug-likeness (QED) is 0.657. The fourth-order valence-electron chi connectivity index (χ4n) is 1.45. The van der Waals surface area contributed by atoms with Crippen LogP contribution in [0.25, 0.3) is 0 Å². The lowest BCUT2D eigenvalue weighted by molar-refractivity contribution is 0.891. The van der Waals surface area contributed by atoms with Gasteiger partial charge in [-0.05, 0) is 25.5 Å². The Hall–Kier alpha value is -0.630. The molecule has 1 aliphatic heterocycles. The highest BCUT2D eigenvalue weighted by Gasteiger charge is 2.15. The van der Waals surface area contributed by atoms with Crippen LogP contribution in [-0.2, 0) is 0 Å². The number of nitrogens with one attached hydrogen (secondary N) is 1. The van der Waals surface area contributed by atoms with E-state index in [0.29, 0.717) is 6.04 Å². The van der Waals surface area contributed by atoms with Gasteiger partial charge in [0.2, 0.25) is 0 Å². The van der Waals surface area contributed by atoms with Gasteiger partial charge in [-0.25, -0.2) is 0 Å². The van der Waals surface area contributed by atoms with E-state index in [1.807, 2.05) is 11.8 Å². The summed E-state index contributed by atoms with van der Waals surface area (Å²) >= 11 is 1.95. The van der Waals surface area contributed by atoms with Crippen LogP contribution in [0.2, 0.25) is 0 Å². The van der Waals surface area contributed by atoms with Crippen LogP contribution < -0.4 is 5.32 Å². The summed E-state index contributed by atoms with van der Waals surface area (Å²) in [7, 11) is 0. The second-order valence-corrected chi connectivity index (χ2v) is 4.37. The highest BCUT2D eigenvalue weighted by atomic mass is 32.2. The van der Waals surface area contributed by atoms with Gasteiger partial charge in [0.25, 0.3) is 0 Å². The molecule has 0 spiro atoms. The van der Waals surface area contributed by atoms with Gasteiger partial charge in [-0.15, -0.1) is 11.8 Å². The number of thioether (sulfide) groups is 1. The maximum absolute atomic E-state index is 3.51. The summed E-state index contributed by atoms with van der Waals surface area (Å²) in [6.45, 7) is 4.38. The van der Waals surface area contributed by atoms with E-state index in [1.54, 1.807) is 0 Å². The second kappa shape index (κ2) is 3.02. The molecule has 0 bridgehead atoms. The summed E-state index contributed by atoms with van der Waals surface area (Å²) in [6, 6.07) is 7.07. The van der Waals surface area contributed by atoms with E-state index in [0.717, 1.165) is 0 Å². The van der Waals surface area contributed by atoms with Gasteiger partial charge < -0.3 is 5.32 Å². The van der Waals surface area contributed by atoms with Crippen molar-refractivity contribution in [3.8, 4) is 0 Å². The number of anilines is 1. The normalized spacial score (nSPS) is 21.3. The molecule has 1 unspecified atom stereocenters. The van der Waals surface area contributed by atoms with Crippen LogP contribution in [0.1, 0.15) is 12.5 Å². The lowest BCUT2D eigenvalue weighted by atomic mass is 10.2. The van der Waals surface area contributed by atoms with Crippen LogP contribution in [0.15, 0.2) is 23.1 Å². The molecule has 1 N–H and O–H groups in total. The Morgan fingerprint density at radius 2 is 2.33 bits per heavy atom. The Morgan fingerprint density at radius 3 is 3.17 bits per heavy atom. The van der Waals surface area contributed by atoms with Crippen LogP contribution in [0.5, 0.6) is 0 Å². The standard InChI is InChI=1S/C10H13NS/c1-7-4-3-5-9-10(7)11-8(2)6-12-9/h3-5,8,11H,6H2,1-2H3. The summed E-state index contributed by atoms with van der Waals surface area (Å²) < 4.78 is 0. The van der Waals surface area contributed by atoms with Crippen molar-refractivity contribution in [3.05, 3.63) is 23.8 Å². The van der Waals surface area contributed by atoms with Crippen molar-refractivity contribution in [1.29, 1.82) is 0 Å². The van der Waals surface area contributed by atoms with Crippen LogP contribution in [-0.4, -0.2) is 11.8 Å². The first kappa shape index (κ1) is 7.99. The summed E-state index contributed by atoms with van der Waals surface area (Å²) in [4.78, 5) is 1.40. The molecule has 0 saturated carbocycles. The molecule has 1 aromatic carbocycles. The Balaban J connectivity index is 2.43. The van der Waals surface area contributed by atoms with Crippen molar-refractivity contribution < 1.29 is 0 Å². The molecule has 1 aromatic rings. The number of aryl methyl sites for hydroxylation is 1. The third-order valence-corrected chi connectivity index (χ3v) is 3.43. The zero-order valence-corrected chi connectivity index (χ0v) is 8.24. The second-order valence-electron chi connectivity index (χ2n) is 3.30. The van der Waals surface area contributed by atoms with Gasteiger partial charge in [-0.2, -0.15) is 0 Å². The first-order valence-electron chi connectivity index (χ1n) is 4.26. The average Bonchev–Trinajstić information content (AvgIpc) is 2.07. The van der Waals surface area contributed by atoms with Crippen LogP contribution >= 0.6 is 11.8 Å². The zero-order valence-electron chi connectivity index (χ0n) is 7.42. The van der Waals surface area contributed by atoms with Gasteiger partial charge in [0.1, 0.15) is 0 Å². The molecular formula is C10H13NS. The topological polar surface area (TPSA) is 12.0 Å². The predicted molar refractivity (Wildman–Crippen MR) is 55.0 cm³/mol. The molecule has 0 saturated heterocycles. The first-order valence-corrected chi connectivity index (χ1v) is 5.25. The molecule has 0 aromatic heterocycles. The number of hydrogen-bond acceptors (Lipinski definition) is 2. The van der Waals surface area contributed by atoms with E-state index in [2.05, 4.69) is 37.4 Å². The zero-order chi connectivity index (χ0) is 8.55. The summed E-state index contributed by atoms with van der Waals surface area (Å²) in [5.41, 5.74) is 2.69. The molecule has 0 amide bonds. The number of para-hydroxylation sites is 1. The lowest BCUT2D eigenvalue weighted by Gasteiger charge is -2.24. The van der Waals surface area contributed by atoms with E-state index in [4.69, 9.17) is 0 Å². The molecule has 1 nitrogen and oxygen atoms in total. The van der Waals surface area contributed by atoms with Gasteiger partial charge >= 0.3 is 0 Å². The maximum Gasteiger partial charge on any atom is 0.0510 e. The van der Waals surface area contributed by atoms with E-state index >= 15 is 0 Å². The van der Waals surface area contributed by atoms with Gasteiger partial charge in [-0.3, -0.25) is 0 Å². The van der Waals surface area contributed by atoms with Crippen LogP contribution in [0.3, 0.4) is 0 Å². The number of rotatable bonds is 0. The average molecular weight is 179 g/mol. The third kappa shape index (κ3) is 1.31. The van der Waals surface area contributed by atoms with Crippen LogP contribution in [0, 0.1) is 6.92 Å². The number of fused-ring (bicyclic) bond motifs is 1. The third-order valence-electron chi connectivity index (χ3n) is 2.11. The monoisotopic (exact) mass is 179 g/mol. The summed E-state index contributed by atoms with van der Waals surface area (Å²) in [5.74, 6) is 1.18. The molecule has 1 aliphatic rings. The van der Waals surface area contributed by atoms with Crippen molar-refractivity contribution in [1.82, 2.24) is 0 Å². The summed E-state index contributed by atoms with van der Waals surface area (Å²) in [5, 5.41) is 3.51. The van der Waals surface area contributed by atoms with Crippen molar-refractivity contribution >= 4 is 17.4 Å². The van der Waals surface area contributed by atoms with Crippen molar-refractivity contribution in [2.24, 2.45) is 0 Å². The molecule has 1 heterocycles. The highest BCUT2D eigenvalue weighted by molar-refractivity contribution is 7.99. The molecular weight excluding hydrogens is 166 g/mol. The van der Waals surface area contributed by atoms with Crippen molar-refractivity contribution in [2.45, 2.75) is 24.8 Å². The SMILES string of the molecule is Cc1cccc2c1NC(C)CS2. The smallest absolute Gasteiger partial charge is 0.0510 e. The minimum Gasteiger partial charge on any atom is -0.381 e. The Labute approximate surface area is 77.6 Å². The minimum atomic E-state index is 0.601. The molecule has 0 fully saturated rings. The van der Waals surface area contributed by atoms with Crippen molar-refractivity contribution in [2.75, 3.05) is 11.1 Å². The van der Waals surface area contributed by atoms with Gasteiger partial charge in [-0.1, -0.05) is 12.1 Å². The molecule has 2 rings (SSSR count). The largest absolute Gasteiger partial charge is 0.381 e. The fourth-order valence-corrected chi connectivity index (χ4v) is 2.50. The fraction of sp³-hybridized carbons (Fsp3) is 0.400. The number of benzene rings is 1. The molecule has 64 valence electrons. The molecule has 12 heavy (non-hydrogen) atoms. The Kier molecular flexibility index (Phi) is 2.01. The van der Waals surface area contributed by atoms with Crippen molar-refractivity contribution in [3.63, 3.8) is 0 Å². The minimum absolute atomic E-state index is 0.601. The highest BCUT2D eigenvalue weighted by Crippen LogP contribution is 2.34. The van der Waals surface area contributed by atoms with E-state index in [1.165, 1.54) is 21.9 Å². The molecule has 1 atom stereocenters. The lowest BCUT2D eigenvalue weighted by Crippen LogP contribution is -2.22. The van der Waals surface area contributed by atoms with E-state index in [9.17, 15) is 0 Å². The number of hydrogen-bond donors (Lipinski definition) is 1. The Bertz CT molecular complexity index is 296. The molecule has 2 heteroatoms. The van der Waals surface area contributed by atoms with Gasteiger partial charge in [0, 0.05) is 16.7 Å². The van der Waals surface area contributed by atoms with Crippen LogP contribution in [0.4, 0.5) is 5.69 Å². The van der Waals surface area contributed by atoms with Gasteiger partial charge in [0.05, 0.1) is 5.69 Å². The first-order chi connectivity index (χ1) is 5.77. The molecule has 0 aliphatic carbocycles. The maximum atomic E-state index is 3.51. The van der Waals surface area contributed by atoms with E-state index < -0.39 is 0 Å². The Morgan fingerprint density at radius 1 is 1.50 bits per heavy atom. The summed E-state index contributed by atoms with van der Waals surface area (Å²) in [6.07, 6.45) is 0. The van der Waals surface area contributed by atoms with Gasteiger partial charge in [0.15, 0.2) is 0 Å². The predicted octanol–water partition coefficient (Wildman–Crippen LogP) is 2.90.